The van der Waals surface area contributed by atoms with Crippen molar-refractivity contribution in [1.29, 1.82) is 0 Å². The smallest absolute Gasteiger partial charge is 0.248 e. The molecule has 27 heavy (non-hydrogen) atoms. The quantitative estimate of drug-likeness (QED) is 0.749. The molecule has 1 amide bonds. The molecule has 0 atom stereocenters. The fourth-order valence-corrected chi connectivity index (χ4v) is 3.18. The van der Waals surface area contributed by atoms with Gasteiger partial charge in [-0.2, -0.15) is 4.80 Å². The summed E-state index contributed by atoms with van der Waals surface area (Å²) in [5.41, 5.74) is 1.58. The number of rotatable bonds is 5. The highest BCUT2D eigenvalue weighted by Gasteiger charge is 2.17. The van der Waals surface area contributed by atoms with Crippen LogP contribution in [0.1, 0.15) is 19.3 Å². The van der Waals surface area contributed by atoms with Crippen molar-refractivity contribution < 1.29 is 4.79 Å². The van der Waals surface area contributed by atoms with Crippen molar-refractivity contribution in [3.05, 3.63) is 48.7 Å². The summed E-state index contributed by atoms with van der Waals surface area (Å²) in [4.78, 5) is 20.5. The topological polar surface area (TPSA) is 88.8 Å². The number of carbonyl (C=O) groups is 1. The first-order chi connectivity index (χ1) is 13.3. The van der Waals surface area contributed by atoms with Gasteiger partial charge in [0.1, 0.15) is 6.54 Å². The van der Waals surface area contributed by atoms with Crippen LogP contribution in [0.3, 0.4) is 0 Å². The third kappa shape index (κ3) is 4.11. The lowest BCUT2D eigenvalue weighted by atomic mass is 10.1. The van der Waals surface area contributed by atoms with Crippen LogP contribution >= 0.6 is 0 Å². The van der Waals surface area contributed by atoms with Crippen LogP contribution in [0.15, 0.2) is 48.7 Å². The number of piperidine rings is 1. The Morgan fingerprint density at radius 3 is 2.67 bits per heavy atom. The largest absolute Gasteiger partial charge is 0.355 e. The highest BCUT2D eigenvalue weighted by atomic mass is 16.2. The van der Waals surface area contributed by atoms with E-state index < -0.39 is 0 Å². The first-order valence-electron chi connectivity index (χ1n) is 9.13. The zero-order valence-electron chi connectivity index (χ0n) is 15.0. The molecule has 1 saturated heterocycles. The summed E-state index contributed by atoms with van der Waals surface area (Å²) in [6, 6.07) is 13.3. The number of tetrazole rings is 1. The lowest BCUT2D eigenvalue weighted by Crippen LogP contribution is -2.31. The van der Waals surface area contributed by atoms with Crippen molar-refractivity contribution in [2.24, 2.45) is 0 Å². The van der Waals surface area contributed by atoms with Crippen molar-refractivity contribution in [2.75, 3.05) is 23.3 Å². The standard InChI is InChI=1S/C19H21N7O/c27-17(14-26-23-18(22-24-26)15-8-3-1-4-9-15)21-16-10-7-11-20-19(16)25-12-5-2-6-13-25/h1,3-4,7-11H,2,5-6,12-14H2,(H,21,27). The molecule has 3 heterocycles. The van der Waals surface area contributed by atoms with Crippen molar-refractivity contribution in [3.8, 4) is 11.4 Å². The van der Waals surface area contributed by atoms with E-state index in [0.29, 0.717) is 11.5 Å². The van der Waals surface area contributed by atoms with Gasteiger partial charge in [-0.25, -0.2) is 4.98 Å². The average Bonchev–Trinajstić information content (AvgIpc) is 3.18. The van der Waals surface area contributed by atoms with Gasteiger partial charge < -0.3 is 10.2 Å². The molecular weight excluding hydrogens is 342 g/mol. The normalized spacial score (nSPS) is 14.1. The molecule has 1 aromatic carbocycles. The van der Waals surface area contributed by atoms with Gasteiger partial charge in [-0.15, -0.1) is 10.2 Å². The van der Waals surface area contributed by atoms with Crippen molar-refractivity contribution in [2.45, 2.75) is 25.8 Å². The summed E-state index contributed by atoms with van der Waals surface area (Å²) < 4.78 is 0. The molecule has 1 aliphatic rings. The number of anilines is 2. The summed E-state index contributed by atoms with van der Waals surface area (Å²) >= 11 is 0. The Balaban J connectivity index is 1.44. The molecule has 138 valence electrons. The van der Waals surface area contributed by atoms with Crippen molar-refractivity contribution in [3.63, 3.8) is 0 Å². The first-order valence-corrected chi connectivity index (χ1v) is 9.13. The number of hydrogen-bond acceptors (Lipinski definition) is 6. The van der Waals surface area contributed by atoms with E-state index in [-0.39, 0.29) is 12.5 Å². The number of hydrogen-bond donors (Lipinski definition) is 1. The van der Waals surface area contributed by atoms with Gasteiger partial charge in [0.2, 0.25) is 11.7 Å². The molecule has 3 aromatic rings. The van der Waals surface area contributed by atoms with E-state index in [1.165, 1.54) is 11.2 Å². The molecule has 0 aliphatic carbocycles. The maximum atomic E-state index is 12.5. The third-order valence-corrected chi connectivity index (χ3v) is 4.49. The Morgan fingerprint density at radius 1 is 1.04 bits per heavy atom. The number of aromatic nitrogens is 5. The van der Waals surface area contributed by atoms with E-state index in [4.69, 9.17) is 0 Å². The van der Waals surface area contributed by atoms with E-state index >= 15 is 0 Å². The lowest BCUT2D eigenvalue weighted by molar-refractivity contribution is -0.117. The minimum atomic E-state index is -0.210. The highest BCUT2D eigenvalue weighted by molar-refractivity contribution is 5.93. The van der Waals surface area contributed by atoms with Crippen LogP contribution in [0, 0.1) is 0 Å². The molecule has 2 aromatic heterocycles. The van der Waals surface area contributed by atoms with E-state index in [1.54, 1.807) is 6.20 Å². The van der Waals surface area contributed by atoms with Crippen LogP contribution in [0.2, 0.25) is 0 Å². The van der Waals surface area contributed by atoms with Crippen LogP contribution in [0.4, 0.5) is 11.5 Å². The highest BCUT2D eigenvalue weighted by Crippen LogP contribution is 2.25. The van der Waals surface area contributed by atoms with E-state index in [2.05, 4.69) is 30.6 Å². The van der Waals surface area contributed by atoms with Gasteiger partial charge in [0.05, 0.1) is 5.69 Å². The summed E-state index contributed by atoms with van der Waals surface area (Å²) in [7, 11) is 0. The maximum absolute atomic E-state index is 12.5. The molecular formula is C19H21N7O. The van der Waals surface area contributed by atoms with Crippen molar-refractivity contribution in [1.82, 2.24) is 25.2 Å². The average molecular weight is 363 g/mol. The van der Waals surface area contributed by atoms with Gasteiger partial charge in [-0.1, -0.05) is 30.3 Å². The molecule has 1 aliphatic heterocycles. The fourth-order valence-electron chi connectivity index (χ4n) is 3.18. The van der Waals surface area contributed by atoms with Gasteiger partial charge in [-0.05, 0) is 36.6 Å². The molecule has 1 fully saturated rings. The van der Waals surface area contributed by atoms with Gasteiger partial charge in [0, 0.05) is 24.8 Å². The molecule has 0 saturated carbocycles. The fraction of sp³-hybridized carbons (Fsp3) is 0.316. The van der Waals surface area contributed by atoms with Gasteiger partial charge >= 0.3 is 0 Å². The predicted molar refractivity (Wildman–Crippen MR) is 102 cm³/mol. The zero-order chi connectivity index (χ0) is 18.5. The molecule has 8 heteroatoms. The minimum Gasteiger partial charge on any atom is -0.355 e. The summed E-state index contributed by atoms with van der Waals surface area (Å²) in [6.45, 7) is 1.92. The van der Waals surface area contributed by atoms with E-state index in [0.717, 1.165) is 37.3 Å². The second kappa shape index (κ2) is 7.94. The molecule has 1 N–H and O–H groups in total. The Hall–Kier alpha value is -3.29. The predicted octanol–water partition coefficient (Wildman–Crippen LogP) is 2.36. The van der Waals surface area contributed by atoms with Crippen LogP contribution < -0.4 is 10.2 Å². The third-order valence-electron chi connectivity index (χ3n) is 4.49. The number of pyridine rings is 1. The van der Waals surface area contributed by atoms with Crippen molar-refractivity contribution >= 4 is 17.4 Å². The minimum absolute atomic E-state index is 0.00579. The molecule has 0 radical (unpaired) electrons. The number of benzene rings is 1. The molecule has 0 unspecified atom stereocenters. The first kappa shape index (κ1) is 17.1. The number of amides is 1. The van der Waals surface area contributed by atoms with Crippen LogP contribution in [0.25, 0.3) is 11.4 Å². The summed E-state index contributed by atoms with van der Waals surface area (Å²) in [5, 5.41) is 15.2. The Labute approximate surface area is 157 Å². The van der Waals surface area contributed by atoms with E-state index in [1.807, 2.05) is 42.5 Å². The molecule has 4 rings (SSSR count). The molecule has 8 nitrogen and oxygen atoms in total. The molecule has 0 bridgehead atoms. The van der Waals surface area contributed by atoms with Crippen LogP contribution in [-0.4, -0.2) is 44.2 Å². The number of carbonyl (C=O) groups excluding carboxylic acids is 1. The van der Waals surface area contributed by atoms with Gasteiger partial charge in [-0.3, -0.25) is 4.79 Å². The SMILES string of the molecule is O=C(Cn1nnc(-c2ccccc2)n1)Nc1cccnc1N1CCCCC1. The number of nitrogens with one attached hydrogen (secondary N) is 1. The van der Waals surface area contributed by atoms with Gasteiger partial charge in [0.25, 0.3) is 0 Å². The maximum Gasteiger partial charge on any atom is 0.248 e. The van der Waals surface area contributed by atoms with Gasteiger partial charge in [0.15, 0.2) is 5.82 Å². The zero-order valence-corrected chi connectivity index (χ0v) is 15.0. The Bertz CT molecular complexity index is 903. The number of nitrogens with zero attached hydrogens (tertiary/aromatic N) is 6. The monoisotopic (exact) mass is 363 g/mol. The van der Waals surface area contributed by atoms with Crippen LogP contribution in [0.5, 0.6) is 0 Å². The lowest BCUT2D eigenvalue weighted by Gasteiger charge is -2.29. The molecule has 0 spiro atoms. The second-order valence-corrected chi connectivity index (χ2v) is 6.48. The van der Waals surface area contributed by atoms with Crippen LogP contribution in [-0.2, 0) is 11.3 Å². The second-order valence-electron chi connectivity index (χ2n) is 6.48. The Morgan fingerprint density at radius 2 is 1.85 bits per heavy atom. The Kier molecular flexibility index (Phi) is 5.04. The summed E-state index contributed by atoms with van der Waals surface area (Å²) in [5.74, 6) is 1.11. The summed E-state index contributed by atoms with van der Waals surface area (Å²) in [6.07, 6.45) is 5.29. The van der Waals surface area contributed by atoms with E-state index in [9.17, 15) is 4.79 Å².